The maximum absolute atomic E-state index is 12.7. The second-order valence-electron chi connectivity index (χ2n) is 7.67. The van der Waals surface area contributed by atoms with Gasteiger partial charge in [0.2, 0.25) is 5.91 Å². The first-order valence-electron chi connectivity index (χ1n) is 10.7. The van der Waals surface area contributed by atoms with E-state index in [-0.39, 0.29) is 11.7 Å². The molecule has 1 N–H and O–H groups in total. The Labute approximate surface area is 186 Å². The molecule has 1 aromatic carbocycles. The molecule has 0 aliphatic heterocycles. The molecule has 164 valence electrons. The summed E-state index contributed by atoms with van der Waals surface area (Å²) < 4.78 is 8.88. The van der Waals surface area contributed by atoms with Crippen LogP contribution >= 0.6 is 11.8 Å². The van der Waals surface area contributed by atoms with Crippen LogP contribution in [0.2, 0.25) is 0 Å². The van der Waals surface area contributed by atoms with Crippen LogP contribution in [0.1, 0.15) is 43.7 Å². The Morgan fingerprint density at radius 2 is 2.06 bits per heavy atom. The maximum atomic E-state index is 12.7. The van der Waals surface area contributed by atoms with Gasteiger partial charge in [0.15, 0.2) is 5.16 Å². The molecule has 1 aliphatic carbocycles. The van der Waals surface area contributed by atoms with Crippen molar-refractivity contribution >= 4 is 23.5 Å². The molecule has 1 aliphatic rings. The summed E-state index contributed by atoms with van der Waals surface area (Å²) in [6, 6.07) is 12.0. The highest BCUT2D eigenvalue weighted by Crippen LogP contribution is 2.35. The van der Waals surface area contributed by atoms with E-state index in [1.807, 2.05) is 45.6 Å². The Balaban J connectivity index is 1.43. The number of methoxy groups -OCH3 is 1. The molecule has 1 saturated carbocycles. The molecule has 0 spiro atoms. The quantitative estimate of drug-likeness (QED) is 0.380. The third-order valence-electron chi connectivity index (χ3n) is 5.43. The molecule has 8 nitrogen and oxygen atoms in total. The van der Waals surface area contributed by atoms with Crippen molar-refractivity contribution in [3.63, 3.8) is 0 Å². The van der Waals surface area contributed by atoms with E-state index in [4.69, 9.17) is 9.84 Å². The van der Waals surface area contributed by atoms with Crippen LogP contribution in [-0.4, -0.2) is 49.9 Å². The highest BCUT2D eigenvalue weighted by molar-refractivity contribution is 7.99. The van der Waals surface area contributed by atoms with Gasteiger partial charge in [0, 0.05) is 32.2 Å². The summed E-state index contributed by atoms with van der Waals surface area (Å²) in [4.78, 5) is 12.7. The van der Waals surface area contributed by atoms with Crippen molar-refractivity contribution in [3.05, 3.63) is 48.4 Å². The molecule has 0 saturated heterocycles. The third-order valence-corrected chi connectivity index (χ3v) is 6.41. The first-order valence-corrected chi connectivity index (χ1v) is 11.7. The van der Waals surface area contributed by atoms with Crippen LogP contribution in [0.15, 0.2) is 47.9 Å². The molecule has 0 unspecified atom stereocenters. The van der Waals surface area contributed by atoms with Crippen molar-refractivity contribution < 1.29 is 9.53 Å². The number of nitrogens with zero attached hydrogens (tertiary/aromatic N) is 5. The second-order valence-corrected chi connectivity index (χ2v) is 8.62. The lowest BCUT2D eigenvalue weighted by Crippen LogP contribution is -2.17. The van der Waals surface area contributed by atoms with E-state index >= 15 is 0 Å². The number of nitrogens with one attached hydrogen (secondary N) is 1. The van der Waals surface area contributed by atoms with Crippen molar-refractivity contribution in [2.75, 3.05) is 24.8 Å². The minimum atomic E-state index is -0.0912. The summed E-state index contributed by atoms with van der Waals surface area (Å²) >= 11 is 1.38. The zero-order valence-electron chi connectivity index (χ0n) is 17.7. The van der Waals surface area contributed by atoms with Crippen LogP contribution in [0.4, 0.5) is 5.82 Å². The normalized spacial score (nSPS) is 14.2. The molecule has 0 bridgehead atoms. The molecule has 0 radical (unpaired) electrons. The number of anilines is 1. The number of carbonyl (C=O) groups excluding carboxylic acids is 1. The molecule has 1 amide bonds. The van der Waals surface area contributed by atoms with Gasteiger partial charge in [0.1, 0.15) is 12.1 Å². The van der Waals surface area contributed by atoms with Crippen LogP contribution in [0.25, 0.3) is 5.69 Å². The molecule has 31 heavy (non-hydrogen) atoms. The number of benzene rings is 1. The molecular weight excluding hydrogens is 412 g/mol. The Hall–Kier alpha value is -2.65. The van der Waals surface area contributed by atoms with Gasteiger partial charge >= 0.3 is 0 Å². The van der Waals surface area contributed by atoms with Crippen LogP contribution in [0.5, 0.6) is 0 Å². The van der Waals surface area contributed by atoms with Gasteiger partial charge in [-0.2, -0.15) is 5.10 Å². The van der Waals surface area contributed by atoms with Crippen molar-refractivity contribution in [3.8, 4) is 5.69 Å². The average molecular weight is 441 g/mol. The number of amides is 1. The summed E-state index contributed by atoms with van der Waals surface area (Å²) in [6.45, 7) is 1.44. The highest BCUT2D eigenvalue weighted by atomic mass is 32.2. The van der Waals surface area contributed by atoms with Gasteiger partial charge in [-0.15, -0.1) is 10.2 Å². The predicted molar refractivity (Wildman–Crippen MR) is 121 cm³/mol. The highest BCUT2D eigenvalue weighted by Gasteiger charge is 2.22. The molecule has 1 fully saturated rings. The Kier molecular flexibility index (Phi) is 7.37. The van der Waals surface area contributed by atoms with E-state index in [1.54, 1.807) is 13.4 Å². The van der Waals surface area contributed by atoms with Gasteiger partial charge in [-0.1, -0.05) is 42.8 Å². The molecule has 3 aromatic rings. The standard InChI is InChI=1S/C22H28N6O2S/c1-30-13-7-12-27-16-23-25-22(27)31-15-21(29)24-20-14-19(17-8-5-6-9-17)26-28(20)18-10-3-2-4-11-18/h2-4,10-11,14,16-17H,5-9,12-13,15H2,1H3,(H,24,29). The summed E-state index contributed by atoms with van der Waals surface area (Å²) in [5.41, 5.74) is 2.00. The van der Waals surface area contributed by atoms with Gasteiger partial charge in [0.25, 0.3) is 0 Å². The summed E-state index contributed by atoms with van der Waals surface area (Å²) in [6.07, 6.45) is 7.36. The Morgan fingerprint density at radius 1 is 1.26 bits per heavy atom. The number of thioether (sulfide) groups is 1. The fourth-order valence-corrected chi connectivity index (χ4v) is 4.61. The van der Waals surface area contributed by atoms with Crippen LogP contribution < -0.4 is 5.32 Å². The van der Waals surface area contributed by atoms with E-state index in [0.717, 1.165) is 42.3 Å². The van der Waals surface area contributed by atoms with Crippen molar-refractivity contribution in [1.29, 1.82) is 0 Å². The molecule has 0 atom stereocenters. The SMILES string of the molecule is COCCCn1cnnc1SCC(=O)Nc1cc(C2CCCC2)nn1-c1ccccc1. The fraction of sp³-hybridized carbons (Fsp3) is 0.455. The maximum Gasteiger partial charge on any atom is 0.236 e. The molecule has 2 aromatic heterocycles. The van der Waals surface area contributed by atoms with Gasteiger partial charge in [0.05, 0.1) is 17.1 Å². The lowest BCUT2D eigenvalue weighted by molar-refractivity contribution is -0.113. The van der Waals surface area contributed by atoms with E-state index in [1.165, 1.54) is 24.6 Å². The number of rotatable bonds is 10. The number of aromatic nitrogens is 5. The number of carbonyl (C=O) groups is 1. The smallest absolute Gasteiger partial charge is 0.236 e. The topological polar surface area (TPSA) is 86.9 Å². The third kappa shape index (κ3) is 5.54. The van der Waals surface area contributed by atoms with Gasteiger partial charge in [-0.3, -0.25) is 4.79 Å². The lowest BCUT2D eigenvalue weighted by atomic mass is 10.0. The van der Waals surface area contributed by atoms with Crippen molar-refractivity contribution in [1.82, 2.24) is 24.5 Å². The van der Waals surface area contributed by atoms with Gasteiger partial charge in [-0.05, 0) is 31.4 Å². The zero-order valence-corrected chi connectivity index (χ0v) is 18.6. The Morgan fingerprint density at radius 3 is 2.84 bits per heavy atom. The molecule has 4 rings (SSSR count). The van der Waals surface area contributed by atoms with Crippen molar-refractivity contribution in [2.45, 2.75) is 49.7 Å². The number of aryl methyl sites for hydroxylation is 1. The van der Waals surface area contributed by atoms with E-state index in [9.17, 15) is 4.79 Å². The summed E-state index contributed by atoms with van der Waals surface area (Å²) in [5.74, 6) is 1.34. The van der Waals surface area contributed by atoms with Gasteiger partial charge < -0.3 is 14.6 Å². The first-order chi connectivity index (χ1) is 15.2. The summed E-state index contributed by atoms with van der Waals surface area (Å²) in [7, 11) is 1.68. The fourth-order valence-electron chi connectivity index (χ4n) is 3.87. The first kappa shape index (κ1) is 21.6. The zero-order chi connectivity index (χ0) is 21.5. The van der Waals surface area contributed by atoms with Gasteiger partial charge in [-0.25, -0.2) is 4.68 Å². The van der Waals surface area contributed by atoms with E-state index in [2.05, 4.69) is 15.5 Å². The minimum Gasteiger partial charge on any atom is -0.385 e. The minimum absolute atomic E-state index is 0.0912. The number of hydrogen-bond donors (Lipinski definition) is 1. The predicted octanol–water partition coefficient (Wildman–Crippen LogP) is 3.89. The molecular formula is C22H28N6O2S. The van der Waals surface area contributed by atoms with Crippen molar-refractivity contribution in [2.24, 2.45) is 0 Å². The lowest BCUT2D eigenvalue weighted by Gasteiger charge is -2.09. The Bertz CT molecular complexity index is 981. The monoisotopic (exact) mass is 440 g/mol. The van der Waals surface area contributed by atoms with Crippen LogP contribution in [-0.2, 0) is 16.1 Å². The van der Waals surface area contributed by atoms with E-state index in [0.29, 0.717) is 18.3 Å². The second kappa shape index (κ2) is 10.6. The number of para-hydroxylation sites is 1. The summed E-state index contributed by atoms with van der Waals surface area (Å²) in [5, 5.41) is 16.7. The van der Waals surface area contributed by atoms with Crippen LogP contribution in [0.3, 0.4) is 0 Å². The van der Waals surface area contributed by atoms with E-state index < -0.39 is 0 Å². The average Bonchev–Trinajstić information content (AvgIpc) is 3.54. The van der Waals surface area contributed by atoms with Crippen LogP contribution in [0, 0.1) is 0 Å². The largest absolute Gasteiger partial charge is 0.385 e. The molecule has 9 heteroatoms. The number of hydrogen-bond acceptors (Lipinski definition) is 6. The number of ether oxygens (including phenoxy) is 1. The molecule has 2 heterocycles.